The van der Waals surface area contributed by atoms with E-state index in [1.54, 1.807) is 11.0 Å². The molecule has 1 unspecified atom stereocenters. The van der Waals surface area contributed by atoms with E-state index in [2.05, 4.69) is 0 Å². The van der Waals surface area contributed by atoms with E-state index in [0.717, 1.165) is 30.5 Å². The first-order chi connectivity index (χ1) is 13.4. The second-order valence-electron chi connectivity index (χ2n) is 6.60. The van der Waals surface area contributed by atoms with Crippen LogP contribution in [0.2, 0.25) is 0 Å². The number of hydrogen-bond acceptors (Lipinski definition) is 6. The van der Waals surface area contributed by atoms with Crippen molar-refractivity contribution < 1.29 is 29.1 Å². The van der Waals surface area contributed by atoms with Crippen LogP contribution < -0.4 is 9.47 Å². The second kappa shape index (κ2) is 6.84. The Kier molecular flexibility index (Phi) is 4.34. The zero-order chi connectivity index (χ0) is 19.8. The number of carboxylic acids is 1. The molecule has 4 rings (SSSR count). The molecule has 0 saturated carbocycles. The van der Waals surface area contributed by atoms with Gasteiger partial charge in [0.15, 0.2) is 11.5 Å². The molecule has 1 N–H and O–H groups in total. The highest BCUT2D eigenvalue weighted by Crippen LogP contribution is 2.39. The van der Waals surface area contributed by atoms with E-state index in [-0.39, 0.29) is 24.0 Å². The van der Waals surface area contributed by atoms with Gasteiger partial charge in [0, 0.05) is 24.2 Å². The van der Waals surface area contributed by atoms with Gasteiger partial charge in [-0.05, 0) is 36.6 Å². The summed E-state index contributed by atoms with van der Waals surface area (Å²) in [6, 6.07) is 8.48. The number of ether oxygens (including phenoxy) is 2. The molecule has 2 heterocycles. The first-order valence-electron chi connectivity index (χ1n) is 8.67. The molecule has 0 bridgehead atoms. The van der Waals surface area contributed by atoms with Crippen LogP contribution in [0.1, 0.15) is 45.2 Å². The lowest BCUT2D eigenvalue weighted by molar-refractivity contribution is -0.384. The van der Waals surface area contributed by atoms with Gasteiger partial charge < -0.3 is 19.5 Å². The van der Waals surface area contributed by atoms with Gasteiger partial charge in [-0.15, -0.1) is 0 Å². The van der Waals surface area contributed by atoms with Gasteiger partial charge in [0.25, 0.3) is 11.6 Å². The molecule has 28 heavy (non-hydrogen) atoms. The van der Waals surface area contributed by atoms with E-state index in [1.807, 2.05) is 12.1 Å². The summed E-state index contributed by atoms with van der Waals surface area (Å²) < 4.78 is 10.7. The van der Waals surface area contributed by atoms with E-state index in [9.17, 15) is 24.8 Å². The predicted octanol–water partition coefficient (Wildman–Crippen LogP) is 3.00. The standard InChI is InChI=1S/C19H16N2O7/c22-18(12-6-13(19(23)24)8-14(7-12)21(25)26)20-5-1-2-15(20)11-3-4-16-17(9-11)28-10-27-16/h3-4,6-9,15H,1-2,5,10H2,(H,23,24). The Balaban J connectivity index is 1.67. The third-order valence-corrected chi connectivity index (χ3v) is 4.92. The van der Waals surface area contributed by atoms with Crippen molar-refractivity contribution in [2.75, 3.05) is 13.3 Å². The van der Waals surface area contributed by atoms with Crippen LogP contribution in [0.3, 0.4) is 0 Å². The molecular formula is C19H16N2O7. The minimum Gasteiger partial charge on any atom is -0.478 e. The number of amides is 1. The Morgan fingerprint density at radius 3 is 2.61 bits per heavy atom. The SMILES string of the molecule is O=C(O)c1cc(C(=O)N2CCCC2c2ccc3c(c2)OCO3)cc([N+](=O)[O-])c1. The Morgan fingerprint density at radius 1 is 1.11 bits per heavy atom. The summed E-state index contributed by atoms with van der Waals surface area (Å²) in [5.41, 5.74) is 0.136. The van der Waals surface area contributed by atoms with Crippen molar-refractivity contribution >= 4 is 17.6 Å². The fourth-order valence-corrected chi connectivity index (χ4v) is 3.61. The van der Waals surface area contributed by atoms with Crippen LogP contribution >= 0.6 is 0 Å². The smallest absolute Gasteiger partial charge is 0.335 e. The number of aromatic carboxylic acids is 1. The molecule has 1 fully saturated rings. The molecule has 2 aliphatic heterocycles. The Morgan fingerprint density at radius 2 is 1.86 bits per heavy atom. The molecule has 2 aromatic rings. The van der Waals surface area contributed by atoms with Crippen molar-refractivity contribution in [1.82, 2.24) is 4.90 Å². The summed E-state index contributed by atoms with van der Waals surface area (Å²) >= 11 is 0. The lowest BCUT2D eigenvalue weighted by atomic mass is 10.0. The molecular weight excluding hydrogens is 368 g/mol. The van der Waals surface area contributed by atoms with Gasteiger partial charge in [0.2, 0.25) is 6.79 Å². The largest absolute Gasteiger partial charge is 0.478 e. The highest BCUT2D eigenvalue weighted by molar-refractivity contribution is 5.98. The number of carboxylic acid groups (broad SMARTS) is 1. The van der Waals surface area contributed by atoms with Crippen LogP contribution in [-0.2, 0) is 0 Å². The maximum atomic E-state index is 13.1. The number of hydrogen-bond donors (Lipinski definition) is 1. The third kappa shape index (κ3) is 3.11. The number of benzene rings is 2. The predicted molar refractivity (Wildman–Crippen MR) is 95.6 cm³/mol. The van der Waals surface area contributed by atoms with Crippen molar-refractivity contribution in [2.24, 2.45) is 0 Å². The Hall–Kier alpha value is -3.62. The molecule has 1 atom stereocenters. The number of likely N-dealkylation sites (tertiary alicyclic amines) is 1. The number of non-ortho nitro benzene ring substituents is 1. The van der Waals surface area contributed by atoms with Gasteiger partial charge >= 0.3 is 5.97 Å². The maximum absolute atomic E-state index is 13.1. The van der Waals surface area contributed by atoms with Crippen LogP contribution in [-0.4, -0.2) is 40.1 Å². The first kappa shape index (κ1) is 17.8. The highest BCUT2D eigenvalue weighted by atomic mass is 16.7. The quantitative estimate of drug-likeness (QED) is 0.635. The summed E-state index contributed by atoms with van der Waals surface area (Å²) in [7, 11) is 0. The van der Waals surface area contributed by atoms with Gasteiger partial charge in [-0.25, -0.2) is 4.79 Å². The van der Waals surface area contributed by atoms with Crippen LogP contribution in [0.25, 0.3) is 0 Å². The molecule has 0 radical (unpaired) electrons. The zero-order valence-electron chi connectivity index (χ0n) is 14.7. The van der Waals surface area contributed by atoms with E-state index < -0.39 is 22.5 Å². The second-order valence-corrected chi connectivity index (χ2v) is 6.60. The topological polar surface area (TPSA) is 119 Å². The van der Waals surface area contributed by atoms with Gasteiger partial charge in [0.05, 0.1) is 16.5 Å². The molecule has 2 aromatic carbocycles. The maximum Gasteiger partial charge on any atom is 0.335 e. The van der Waals surface area contributed by atoms with Crippen LogP contribution in [0.15, 0.2) is 36.4 Å². The van der Waals surface area contributed by atoms with Crippen LogP contribution in [0, 0.1) is 10.1 Å². The van der Waals surface area contributed by atoms with Crippen molar-refractivity contribution in [3.63, 3.8) is 0 Å². The Labute approximate surface area is 159 Å². The minimum atomic E-state index is -1.33. The van der Waals surface area contributed by atoms with Crippen LogP contribution in [0.5, 0.6) is 11.5 Å². The zero-order valence-corrected chi connectivity index (χ0v) is 14.7. The monoisotopic (exact) mass is 384 g/mol. The van der Waals surface area contributed by atoms with Crippen molar-refractivity contribution in [2.45, 2.75) is 18.9 Å². The van der Waals surface area contributed by atoms with E-state index in [1.165, 1.54) is 6.07 Å². The van der Waals surface area contributed by atoms with Crippen LogP contribution in [0.4, 0.5) is 5.69 Å². The number of fused-ring (bicyclic) bond motifs is 1. The fraction of sp³-hybridized carbons (Fsp3) is 0.263. The first-order valence-corrected chi connectivity index (χ1v) is 8.67. The normalized spacial score (nSPS) is 17.6. The number of nitrogens with zero attached hydrogens (tertiary/aromatic N) is 2. The lowest BCUT2D eigenvalue weighted by Crippen LogP contribution is -2.30. The number of nitro groups is 1. The fourth-order valence-electron chi connectivity index (χ4n) is 3.61. The number of carbonyl (C=O) groups excluding carboxylic acids is 1. The van der Waals surface area contributed by atoms with Gasteiger partial charge in [-0.2, -0.15) is 0 Å². The molecule has 1 saturated heterocycles. The lowest BCUT2D eigenvalue weighted by Gasteiger charge is -2.25. The summed E-state index contributed by atoms with van der Waals surface area (Å²) in [6.45, 7) is 0.626. The minimum absolute atomic E-state index is 0.0146. The summed E-state index contributed by atoms with van der Waals surface area (Å²) in [5, 5.41) is 20.3. The summed E-state index contributed by atoms with van der Waals surface area (Å²) in [6.07, 6.45) is 1.50. The summed E-state index contributed by atoms with van der Waals surface area (Å²) in [5.74, 6) is -0.512. The highest BCUT2D eigenvalue weighted by Gasteiger charge is 2.32. The molecule has 0 aromatic heterocycles. The molecule has 0 aliphatic carbocycles. The van der Waals surface area contributed by atoms with Gasteiger partial charge in [0.1, 0.15) is 0 Å². The molecule has 0 spiro atoms. The number of carbonyl (C=O) groups is 2. The average Bonchev–Trinajstić information content (AvgIpc) is 3.35. The van der Waals surface area contributed by atoms with Gasteiger partial charge in [-0.3, -0.25) is 14.9 Å². The van der Waals surface area contributed by atoms with Crippen molar-refractivity contribution in [3.8, 4) is 11.5 Å². The van der Waals surface area contributed by atoms with Crippen molar-refractivity contribution in [1.29, 1.82) is 0 Å². The number of nitro benzene ring substituents is 1. The molecule has 9 heteroatoms. The molecule has 1 amide bonds. The molecule has 2 aliphatic rings. The third-order valence-electron chi connectivity index (χ3n) is 4.92. The summed E-state index contributed by atoms with van der Waals surface area (Å²) in [4.78, 5) is 36.4. The molecule has 9 nitrogen and oxygen atoms in total. The van der Waals surface area contributed by atoms with E-state index >= 15 is 0 Å². The van der Waals surface area contributed by atoms with E-state index in [0.29, 0.717) is 18.0 Å². The molecule has 144 valence electrons. The average molecular weight is 384 g/mol. The number of rotatable bonds is 4. The van der Waals surface area contributed by atoms with Crippen molar-refractivity contribution in [3.05, 3.63) is 63.2 Å². The van der Waals surface area contributed by atoms with E-state index in [4.69, 9.17) is 9.47 Å². The Bertz CT molecular complexity index is 956. The van der Waals surface area contributed by atoms with Gasteiger partial charge in [-0.1, -0.05) is 6.07 Å².